The Morgan fingerprint density at radius 1 is 1.29 bits per heavy atom. The highest BCUT2D eigenvalue weighted by atomic mass is 15.1. The zero-order valence-electron chi connectivity index (χ0n) is 14.0. The summed E-state index contributed by atoms with van der Waals surface area (Å²) in [6.45, 7) is 8.27. The van der Waals surface area contributed by atoms with Crippen molar-refractivity contribution in [3.05, 3.63) is 17.7 Å². The molecule has 21 heavy (non-hydrogen) atoms. The van der Waals surface area contributed by atoms with Crippen LogP contribution in [-0.4, -0.2) is 22.1 Å². The van der Waals surface area contributed by atoms with Crippen LogP contribution in [0.2, 0.25) is 0 Å². The van der Waals surface area contributed by atoms with Gasteiger partial charge in [-0.15, -0.1) is 0 Å². The van der Waals surface area contributed by atoms with E-state index in [1.54, 1.807) is 0 Å². The van der Waals surface area contributed by atoms with Gasteiger partial charge in [-0.1, -0.05) is 27.2 Å². The molecule has 1 heterocycles. The summed E-state index contributed by atoms with van der Waals surface area (Å²) in [6.07, 6.45) is 12.4. The lowest BCUT2D eigenvalue weighted by atomic mass is 9.70. The van der Waals surface area contributed by atoms with Crippen molar-refractivity contribution in [1.29, 1.82) is 0 Å². The molecule has 3 heteroatoms. The summed E-state index contributed by atoms with van der Waals surface area (Å²) in [5, 5.41) is 3.86. The van der Waals surface area contributed by atoms with E-state index in [0.717, 1.165) is 6.54 Å². The lowest BCUT2D eigenvalue weighted by molar-refractivity contribution is 0.111. The van der Waals surface area contributed by atoms with Crippen LogP contribution in [0.5, 0.6) is 0 Å². The SMILES string of the molecule is CCCNC1C(n2cnc3c2CCCC3)CCCC1(C)C. The average molecular weight is 289 g/mol. The number of rotatable bonds is 4. The molecule has 0 bridgehead atoms. The van der Waals surface area contributed by atoms with Gasteiger partial charge in [0.05, 0.1) is 18.1 Å². The van der Waals surface area contributed by atoms with Crippen LogP contribution in [0.4, 0.5) is 0 Å². The second-order valence-corrected chi connectivity index (χ2v) is 7.63. The van der Waals surface area contributed by atoms with Crippen molar-refractivity contribution in [3.63, 3.8) is 0 Å². The van der Waals surface area contributed by atoms with Crippen molar-refractivity contribution < 1.29 is 0 Å². The van der Waals surface area contributed by atoms with E-state index in [0.29, 0.717) is 17.5 Å². The Hall–Kier alpha value is -0.830. The van der Waals surface area contributed by atoms with Crippen molar-refractivity contribution in [2.24, 2.45) is 5.41 Å². The highest BCUT2D eigenvalue weighted by molar-refractivity contribution is 5.18. The Balaban J connectivity index is 1.89. The lowest BCUT2D eigenvalue weighted by Gasteiger charge is -2.45. The van der Waals surface area contributed by atoms with Gasteiger partial charge in [0.25, 0.3) is 0 Å². The fraction of sp³-hybridized carbons (Fsp3) is 0.833. The van der Waals surface area contributed by atoms with Crippen molar-refractivity contribution in [2.45, 2.75) is 84.2 Å². The van der Waals surface area contributed by atoms with Crippen LogP contribution in [0, 0.1) is 5.41 Å². The topological polar surface area (TPSA) is 29.9 Å². The second kappa shape index (κ2) is 6.12. The van der Waals surface area contributed by atoms with Crippen LogP contribution in [0.1, 0.15) is 76.7 Å². The summed E-state index contributed by atoms with van der Waals surface area (Å²) in [7, 11) is 0. The molecule has 0 aliphatic heterocycles. The van der Waals surface area contributed by atoms with Crippen LogP contribution in [0.3, 0.4) is 0 Å². The van der Waals surface area contributed by atoms with E-state index in [9.17, 15) is 0 Å². The van der Waals surface area contributed by atoms with Gasteiger partial charge >= 0.3 is 0 Å². The normalized spacial score (nSPS) is 28.3. The Morgan fingerprint density at radius 2 is 2.10 bits per heavy atom. The standard InChI is InChI=1S/C18H31N3/c1-4-12-19-17-16(10-7-11-18(17,2)3)21-13-20-14-8-5-6-9-15(14)21/h13,16-17,19H,4-12H2,1-3H3. The first-order valence-electron chi connectivity index (χ1n) is 8.91. The Bertz CT molecular complexity index is 475. The predicted molar refractivity (Wildman–Crippen MR) is 87.6 cm³/mol. The number of aromatic nitrogens is 2. The minimum Gasteiger partial charge on any atom is -0.330 e. The first-order valence-corrected chi connectivity index (χ1v) is 8.91. The van der Waals surface area contributed by atoms with E-state index < -0.39 is 0 Å². The van der Waals surface area contributed by atoms with E-state index in [1.807, 2.05) is 0 Å². The Kier molecular flexibility index (Phi) is 4.39. The first kappa shape index (κ1) is 15.1. The number of nitrogens with zero attached hydrogens (tertiary/aromatic N) is 2. The van der Waals surface area contributed by atoms with Gasteiger partial charge in [0.2, 0.25) is 0 Å². The van der Waals surface area contributed by atoms with Crippen LogP contribution >= 0.6 is 0 Å². The molecule has 0 saturated heterocycles. The monoisotopic (exact) mass is 289 g/mol. The summed E-state index contributed by atoms with van der Waals surface area (Å²) >= 11 is 0. The minimum atomic E-state index is 0.379. The van der Waals surface area contributed by atoms with Crippen molar-refractivity contribution in [3.8, 4) is 0 Å². The van der Waals surface area contributed by atoms with Crippen molar-refractivity contribution >= 4 is 0 Å². The van der Waals surface area contributed by atoms with E-state index >= 15 is 0 Å². The summed E-state index contributed by atoms with van der Waals surface area (Å²) in [6, 6.07) is 1.17. The molecule has 118 valence electrons. The number of nitrogens with one attached hydrogen (secondary N) is 1. The van der Waals surface area contributed by atoms with Gasteiger partial charge in [-0.3, -0.25) is 0 Å². The molecule has 1 N–H and O–H groups in total. The van der Waals surface area contributed by atoms with E-state index in [4.69, 9.17) is 4.98 Å². The summed E-state index contributed by atoms with van der Waals surface area (Å²) in [5.74, 6) is 0. The number of fused-ring (bicyclic) bond motifs is 1. The minimum absolute atomic E-state index is 0.379. The van der Waals surface area contributed by atoms with Crippen LogP contribution in [0.15, 0.2) is 6.33 Å². The lowest BCUT2D eigenvalue weighted by Crippen LogP contribution is -2.50. The third-order valence-electron chi connectivity index (χ3n) is 5.58. The van der Waals surface area contributed by atoms with Crippen molar-refractivity contribution in [2.75, 3.05) is 6.54 Å². The Labute approximate surface area is 129 Å². The third kappa shape index (κ3) is 2.90. The molecule has 0 spiro atoms. The zero-order valence-corrected chi connectivity index (χ0v) is 14.0. The summed E-state index contributed by atoms with van der Waals surface area (Å²) < 4.78 is 2.54. The van der Waals surface area contributed by atoms with Gasteiger partial charge in [0.15, 0.2) is 0 Å². The van der Waals surface area contributed by atoms with Gasteiger partial charge in [-0.25, -0.2) is 4.98 Å². The number of aryl methyl sites for hydroxylation is 1. The molecule has 3 rings (SSSR count). The second-order valence-electron chi connectivity index (χ2n) is 7.63. The predicted octanol–water partition coefficient (Wildman–Crippen LogP) is 3.88. The molecule has 0 radical (unpaired) electrons. The molecule has 0 amide bonds. The van der Waals surface area contributed by atoms with Gasteiger partial charge in [0, 0.05) is 11.7 Å². The van der Waals surface area contributed by atoms with E-state index in [2.05, 4.69) is 37.0 Å². The van der Waals surface area contributed by atoms with Gasteiger partial charge < -0.3 is 9.88 Å². The van der Waals surface area contributed by atoms with Gasteiger partial charge in [-0.05, 0) is 56.9 Å². The molecular formula is C18H31N3. The molecule has 1 aromatic rings. The molecule has 1 fully saturated rings. The summed E-state index contributed by atoms with van der Waals surface area (Å²) in [4.78, 5) is 4.73. The molecule has 0 aromatic carbocycles. The number of imidazole rings is 1. The van der Waals surface area contributed by atoms with E-state index in [1.165, 1.54) is 62.8 Å². The van der Waals surface area contributed by atoms with Crippen LogP contribution in [-0.2, 0) is 12.8 Å². The fourth-order valence-corrected chi connectivity index (χ4v) is 4.40. The fourth-order valence-electron chi connectivity index (χ4n) is 4.40. The molecule has 3 nitrogen and oxygen atoms in total. The molecular weight excluding hydrogens is 258 g/mol. The molecule has 2 aliphatic carbocycles. The van der Waals surface area contributed by atoms with Crippen molar-refractivity contribution in [1.82, 2.24) is 14.9 Å². The quantitative estimate of drug-likeness (QED) is 0.911. The maximum atomic E-state index is 4.73. The third-order valence-corrected chi connectivity index (χ3v) is 5.58. The molecule has 1 aromatic heterocycles. The zero-order chi connectivity index (χ0) is 14.9. The smallest absolute Gasteiger partial charge is 0.0954 e. The van der Waals surface area contributed by atoms with Gasteiger partial charge in [-0.2, -0.15) is 0 Å². The van der Waals surface area contributed by atoms with Gasteiger partial charge in [0.1, 0.15) is 0 Å². The first-order chi connectivity index (χ1) is 10.1. The van der Waals surface area contributed by atoms with Crippen LogP contribution < -0.4 is 5.32 Å². The molecule has 2 atom stereocenters. The maximum Gasteiger partial charge on any atom is 0.0954 e. The van der Waals surface area contributed by atoms with E-state index in [-0.39, 0.29) is 0 Å². The summed E-state index contributed by atoms with van der Waals surface area (Å²) in [5.41, 5.74) is 3.29. The largest absolute Gasteiger partial charge is 0.330 e. The maximum absolute atomic E-state index is 4.73. The highest BCUT2D eigenvalue weighted by Crippen LogP contribution is 2.42. The highest BCUT2D eigenvalue weighted by Gasteiger charge is 2.40. The molecule has 1 saturated carbocycles. The molecule has 2 aliphatic rings. The number of hydrogen-bond donors (Lipinski definition) is 1. The Morgan fingerprint density at radius 3 is 2.90 bits per heavy atom. The number of hydrogen-bond acceptors (Lipinski definition) is 2. The molecule has 2 unspecified atom stereocenters. The van der Waals surface area contributed by atoms with Crippen LogP contribution in [0.25, 0.3) is 0 Å². The average Bonchev–Trinajstić information content (AvgIpc) is 2.89.